The number of rotatable bonds is 9. The summed E-state index contributed by atoms with van der Waals surface area (Å²) in [5, 5.41) is 38.8. The molecule has 14 atom stereocenters. The predicted molar refractivity (Wildman–Crippen MR) is 221 cm³/mol. The van der Waals surface area contributed by atoms with Crippen LogP contribution in [0.3, 0.4) is 0 Å². The number of likely N-dealkylation sites (N-methyl/N-ethyl adjacent to an activating group) is 1. The van der Waals surface area contributed by atoms with E-state index in [-0.39, 0.29) is 50.8 Å². The van der Waals surface area contributed by atoms with Gasteiger partial charge >= 0.3 is 12.1 Å². The zero-order valence-corrected chi connectivity index (χ0v) is 36.3. The molecule has 3 aliphatic heterocycles. The van der Waals surface area contributed by atoms with Crippen molar-refractivity contribution < 1.29 is 53.3 Å². The fourth-order valence-corrected chi connectivity index (χ4v) is 8.98. The van der Waals surface area contributed by atoms with Gasteiger partial charge in [-0.15, -0.1) is 0 Å². The van der Waals surface area contributed by atoms with Gasteiger partial charge in [-0.25, -0.2) is 4.79 Å². The number of ether oxygens (including phenoxy) is 6. The van der Waals surface area contributed by atoms with Gasteiger partial charge in [0.15, 0.2) is 6.29 Å². The largest absolute Gasteiger partial charge is 0.459 e. The SMILES string of the molecule is C=Cc1ccc(CNC(=O)OC/C=C2\[C@H](C)C[C@@]3(C)OCC(=C)COC([C@H]2C)[C@](C)(O)[C@@H](CC)OC(=O)[C@H](C)[C@@H](O)[C@H](C)[C@H]3OC2O[C@H](C)C[C@H](N(C)C)[C@H]2O)cc1. The summed E-state index contributed by atoms with van der Waals surface area (Å²) in [6.45, 7) is 22.9. The predicted octanol–water partition coefficient (Wildman–Crippen LogP) is 5.41. The standard InChI is InChI=1S/C45H70N2O11/c1-13-32-15-17-33(18-16-32)23-46-43(51)53-20-19-34-27(4)22-44(9)39(58-42-38(49)35(47(11)12)21-28(5)56-42)30(7)37(48)31(8)41(50)57-36(14-2)45(10,52)40(29(34)6)54-24-26(3)25-55-44/h13,15-19,27-31,35-40,42,48-49,52H,1,3,14,20-25H2,2,4-12H3,(H,46,51)/b34-19+/t27-,28-,29+,30+,31-,35+,36-,37+,38-,39-,40?,42?,44-,45-/m1/s1. The van der Waals surface area contributed by atoms with Gasteiger partial charge in [-0.05, 0) is 89.7 Å². The number of carbonyl (C=O) groups excluding carboxylic acids is 2. The molecule has 0 aliphatic carbocycles. The van der Waals surface area contributed by atoms with Crippen molar-refractivity contribution in [2.75, 3.05) is 33.9 Å². The van der Waals surface area contributed by atoms with Gasteiger partial charge in [-0.1, -0.05) is 76.8 Å². The lowest BCUT2D eigenvalue weighted by molar-refractivity contribution is -0.303. The van der Waals surface area contributed by atoms with E-state index in [1.807, 2.05) is 84.0 Å². The molecule has 1 aromatic carbocycles. The van der Waals surface area contributed by atoms with Gasteiger partial charge in [0.2, 0.25) is 0 Å². The Morgan fingerprint density at radius 1 is 1.05 bits per heavy atom. The molecule has 0 saturated carbocycles. The Kier molecular flexibility index (Phi) is 16.7. The summed E-state index contributed by atoms with van der Waals surface area (Å²) < 4.78 is 38.2. The molecular formula is C45H70N2O11. The monoisotopic (exact) mass is 814 g/mol. The van der Waals surface area contributed by atoms with Crippen molar-refractivity contribution >= 4 is 18.1 Å². The number of hydrogen-bond acceptors (Lipinski definition) is 12. The van der Waals surface area contributed by atoms with E-state index in [4.69, 9.17) is 28.4 Å². The van der Waals surface area contributed by atoms with Crippen LogP contribution in [-0.4, -0.2) is 126 Å². The molecule has 0 spiro atoms. The van der Waals surface area contributed by atoms with Gasteiger partial charge in [-0.2, -0.15) is 0 Å². The molecule has 2 unspecified atom stereocenters. The van der Waals surface area contributed by atoms with Crippen LogP contribution in [0.2, 0.25) is 0 Å². The Morgan fingerprint density at radius 2 is 1.72 bits per heavy atom. The van der Waals surface area contributed by atoms with Crippen molar-refractivity contribution in [3.63, 3.8) is 0 Å². The van der Waals surface area contributed by atoms with Gasteiger partial charge in [0.25, 0.3) is 0 Å². The average molecular weight is 815 g/mol. The summed E-state index contributed by atoms with van der Waals surface area (Å²) in [5.74, 6) is -3.29. The highest BCUT2D eigenvalue weighted by atomic mass is 16.7. The van der Waals surface area contributed by atoms with Crippen LogP contribution in [0.1, 0.15) is 85.8 Å². The molecule has 4 rings (SSSR count). The topological polar surface area (TPSA) is 165 Å². The number of esters is 1. The maximum absolute atomic E-state index is 13.9. The van der Waals surface area contributed by atoms with Crippen molar-refractivity contribution in [1.82, 2.24) is 10.2 Å². The number of amides is 1. The lowest BCUT2D eigenvalue weighted by atomic mass is 9.72. The molecule has 3 saturated heterocycles. The molecule has 326 valence electrons. The third kappa shape index (κ3) is 11.4. The maximum atomic E-state index is 13.9. The summed E-state index contributed by atoms with van der Waals surface area (Å²) >= 11 is 0. The Bertz CT molecular complexity index is 1580. The Hall–Kier alpha value is -3.14. The van der Waals surface area contributed by atoms with Crippen LogP contribution < -0.4 is 5.32 Å². The van der Waals surface area contributed by atoms with Gasteiger partial charge in [0.1, 0.15) is 24.4 Å². The minimum absolute atomic E-state index is 0.0204. The Balaban J connectivity index is 1.79. The van der Waals surface area contributed by atoms with E-state index in [0.29, 0.717) is 18.4 Å². The molecule has 13 nitrogen and oxygen atoms in total. The number of aliphatic hydroxyl groups is 3. The molecule has 0 radical (unpaired) electrons. The van der Waals surface area contributed by atoms with E-state index < -0.39 is 77.8 Å². The molecule has 13 heteroatoms. The average Bonchev–Trinajstić information content (AvgIpc) is 3.19. The van der Waals surface area contributed by atoms with E-state index in [9.17, 15) is 24.9 Å². The van der Waals surface area contributed by atoms with Crippen LogP contribution in [0, 0.1) is 23.7 Å². The number of nitrogens with zero attached hydrogens (tertiary/aromatic N) is 1. The molecule has 1 aromatic rings. The highest BCUT2D eigenvalue weighted by Gasteiger charge is 2.52. The molecule has 58 heavy (non-hydrogen) atoms. The van der Waals surface area contributed by atoms with Crippen LogP contribution >= 0.6 is 0 Å². The van der Waals surface area contributed by atoms with Crippen LogP contribution in [0.25, 0.3) is 6.08 Å². The van der Waals surface area contributed by atoms with Crippen molar-refractivity contribution in [3.05, 3.63) is 65.8 Å². The van der Waals surface area contributed by atoms with Crippen molar-refractivity contribution in [1.29, 1.82) is 0 Å². The molecule has 3 fully saturated rings. The zero-order valence-electron chi connectivity index (χ0n) is 36.3. The van der Waals surface area contributed by atoms with E-state index >= 15 is 0 Å². The number of hydrogen-bond donors (Lipinski definition) is 4. The number of carbonyl (C=O) groups is 2. The minimum atomic E-state index is -1.71. The van der Waals surface area contributed by atoms with Crippen LogP contribution in [-0.2, 0) is 39.8 Å². The number of cyclic esters (lactones) is 1. The number of fused-ring (bicyclic) bond motifs is 5. The van der Waals surface area contributed by atoms with Gasteiger partial charge < -0.3 is 54.0 Å². The quantitative estimate of drug-likeness (QED) is 0.186. The normalized spacial score (nSPS) is 38.9. The second-order valence-corrected chi connectivity index (χ2v) is 17.4. The number of nitrogens with one attached hydrogen (secondary N) is 1. The van der Waals surface area contributed by atoms with Crippen molar-refractivity contribution in [2.24, 2.45) is 23.7 Å². The number of aliphatic hydroxyl groups excluding tert-OH is 2. The van der Waals surface area contributed by atoms with E-state index in [0.717, 1.165) is 16.7 Å². The number of alkyl carbamates (subject to hydrolysis) is 1. The van der Waals surface area contributed by atoms with Gasteiger partial charge in [0, 0.05) is 24.4 Å². The summed E-state index contributed by atoms with van der Waals surface area (Å²) in [5.41, 5.74) is 0.363. The van der Waals surface area contributed by atoms with Crippen LogP contribution in [0.4, 0.5) is 4.79 Å². The van der Waals surface area contributed by atoms with E-state index in [1.165, 1.54) is 0 Å². The first-order valence-electron chi connectivity index (χ1n) is 20.7. The molecule has 4 N–H and O–H groups in total. The number of benzene rings is 1. The third-order valence-corrected chi connectivity index (χ3v) is 12.4. The summed E-state index contributed by atoms with van der Waals surface area (Å²) in [6, 6.07) is 7.38. The molecule has 1 amide bonds. The van der Waals surface area contributed by atoms with Crippen LogP contribution in [0.15, 0.2) is 54.6 Å². The summed E-state index contributed by atoms with van der Waals surface area (Å²) in [4.78, 5) is 28.8. The first kappa shape index (κ1) is 47.5. The molecular weight excluding hydrogens is 744 g/mol. The Morgan fingerprint density at radius 3 is 2.34 bits per heavy atom. The minimum Gasteiger partial charge on any atom is -0.459 e. The Labute approximate surface area is 345 Å². The second-order valence-electron chi connectivity index (χ2n) is 17.4. The lowest BCUT2D eigenvalue weighted by Gasteiger charge is -2.48. The fraction of sp³-hybridized carbons (Fsp3) is 0.689. The zero-order chi connectivity index (χ0) is 43.1. The van der Waals surface area contributed by atoms with Crippen LogP contribution in [0.5, 0.6) is 0 Å². The highest BCUT2D eigenvalue weighted by Crippen LogP contribution is 2.43. The van der Waals surface area contributed by atoms with E-state index in [1.54, 1.807) is 26.8 Å². The molecule has 3 aliphatic rings. The van der Waals surface area contributed by atoms with Gasteiger partial charge in [0.05, 0.1) is 49.1 Å². The first-order chi connectivity index (χ1) is 27.2. The van der Waals surface area contributed by atoms with Crippen molar-refractivity contribution in [2.45, 2.75) is 141 Å². The highest BCUT2D eigenvalue weighted by molar-refractivity contribution is 5.73. The summed E-state index contributed by atoms with van der Waals surface area (Å²) in [6.07, 6.45) is -2.38. The smallest absolute Gasteiger partial charge is 0.407 e. The fourth-order valence-electron chi connectivity index (χ4n) is 8.98. The maximum Gasteiger partial charge on any atom is 0.407 e. The lowest BCUT2D eigenvalue weighted by Crippen LogP contribution is -2.60. The molecule has 3 heterocycles. The molecule has 2 bridgehead atoms. The van der Waals surface area contributed by atoms with Gasteiger partial charge in [-0.3, -0.25) is 4.79 Å². The third-order valence-electron chi connectivity index (χ3n) is 12.4. The summed E-state index contributed by atoms with van der Waals surface area (Å²) in [7, 11) is 3.79. The first-order valence-corrected chi connectivity index (χ1v) is 20.7. The molecule has 0 aromatic heterocycles. The van der Waals surface area contributed by atoms with Crippen molar-refractivity contribution in [3.8, 4) is 0 Å². The van der Waals surface area contributed by atoms with E-state index in [2.05, 4.69) is 18.5 Å². The second kappa shape index (κ2) is 20.4.